The van der Waals surface area contributed by atoms with E-state index >= 15 is 0 Å². The molecular weight excluding hydrogens is 431 g/mol. The van der Waals surface area contributed by atoms with Crippen molar-refractivity contribution in [2.24, 2.45) is 0 Å². The quantitative estimate of drug-likeness (QED) is 0.335. The van der Waals surface area contributed by atoms with Gasteiger partial charge < -0.3 is 9.31 Å². The van der Waals surface area contributed by atoms with Crippen LogP contribution in [0.5, 0.6) is 0 Å². The molecule has 0 N–H and O–H groups in total. The van der Waals surface area contributed by atoms with E-state index in [0.29, 0.717) is 0 Å². The molecule has 0 amide bonds. The highest BCUT2D eigenvalue weighted by Crippen LogP contribution is 2.36. The molecule has 1 fully saturated rings. The molecule has 0 atom stereocenters. The molecule has 5 rings (SSSR count). The first kappa shape index (κ1) is 22.9. The van der Waals surface area contributed by atoms with Crippen molar-refractivity contribution in [1.82, 2.24) is 0 Å². The first-order valence-electron chi connectivity index (χ1n) is 12.0. The van der Waals surface area contributed by atoms with Crippen LogP contribution in [0, 0.1) is 0 Å². The highest BCUT2D eigenvalue weighted by molar-refractivity contribution is 7.19. The van der Waals surface area contributed by atoms with E-state index in [2.05, 4.69) is 143 Å². The third-order valence-electron chi connectivity index (χ3n) is 7.49. The van der Waals surface area contributed by atoms with Gasteiger partial charge in [-0.2, -0.15) is 0 Å². The second-order valence-electron chi connectivity index (χ2n) is 10.1. The Bertz CT molecular complexity index is 1130. The third-order valence-corrected chi connectivity index (χ3v) is 12.3. The van der Waals surface area contributed by atoms with Crippen LogP contribution in [0.4, 0.5) is 0 Å². The van der Waals surface area contributed by atoms with Gasteiger partial charge in [-0.15, -0.1) is 0 Å². The van der Waals surface area contributed by atoms with Crippen LogP contribution in [0.3, 0.4) is 0 Å². The topological polar surface area (TPSA) is 18.5 Å². The zero-order valence-electron chi connectivity index (χ0n) is 20.4. The zero-order valence-corrected chi connectivity index (χ0v) is 21.4. The molecule has 4 aromatic rings. The monoisotopic (exact) mass is 462 g/mol. The Kier molecular flexibility index (Phi) is 5.85. The molecule has 0 bridgehead atoms. The second-order valence-corrected chi connectivity index (χ2v) is 13.9. The Morgan fingerprint density at radius 3 is 1.15 bits per heavy atom. The van der Waals surface area contributed by atoms with Crippen molar-refractivity contribution in [3.63, 3.8) is 0 Å². The Labute approximate surface area is 204 Å². The van der Waals surface area contributed by atoms with Crippen molar-refractivity contribution in [1.29, 1.82) is 0 Å². The predicted octanol–water partition coefficient (Wildman–Crippen LogP) is 3.36. The maximum absolute atomic E-state index is 6.32. The lowest BCUT2D eigenvalue weighted by molar-refractivity contribution is 0.00578. The standard InChI is InChI=1S/C30H31BO2Si/c1-29(2)30(3,4)33-31(32-29)24-20-22-28(23-21-24)34(25-14-8-5-9-15-25,26-16-10-6-11-17-26)27-18-12-7-13-19-27/h5-23H,1-4H3. The van der Waals surface area contributed by atoms with Crippen LogP contribution in [0.2, 0.25) is 0 Å². The van der Waals surface area contributed by atoms with Crippen LogP contribution in [0.15, 0.2) is 115 Å². The van der Waals surface area contributed by atoms with Gasteiger partial charge >= 0.3 is 7.12 Å². The summed E-state index contributed by atoms with van der Waals surface area (Å²) in [7, 11) is -2.86. The molecular formula is C30H31BO2Si. The molecule has 0 radical (unpaired) electrons. The summed E-state index contributed by atoms with van der Waals surface area (Å²) in [5, 5.41) is 5.46. The summed E-state index contributed by atoms with van der Waals surface area (Å²) in [5.41, 5.74) is 0.347. The normalized spacial score (nSPS) is 17.0. The van der Waals surface area contributed by atoms with Gasteiger partial charge in [0.05, 0.1) is 11.2 Å². The van der Waals surface area contributed by atoms with Crippen molar-refractivity contribution in [2.75, 3.05) is 0 Å². The summed E-state index contributed by atoms with van der Waals surface area (Å²) in [5.74, 6) is 0. The largest absolute Gasteiger partial charge is 0.494 e. The van der Waals surface area contributed by atoms with Gasteiger partial charge in [-0.25, -0.2) is 0 Å². The fourth-order valence-corrected chi connectivity index (χ4v) is 9.68. The molecule has 0 spiro atoms. The molecule has 0 unspecified atom stereocenters. The summed E-state index contributed by atoms with van der Waals surface area (Å²) < 4.78 is 12.6. The van der Waals surface area contributed by atoms with Crippen LogP contribution in [0.1, 0.15) is 27.7 Å². The lowest BCUT2D eigenvalue weighted by atomic mass is 9.79. The van der Waals surface area contributed by atoms with Gasteiger partial charge in [-0.05, 0) is 53.9 Å². The molecule has 0 aliphatic carbocycles. The number of hydrogen-bond donors (Lipinski definition) is 0. The van der Waals surface area contributed by atoms with Crippen molar-refractivity contribution in [2.45, 2.75) is 38.9 Å². The minimum absolute atomic E-state index is 0.354. The van der Waals surface area contributed by atoms with E-state index < -0.39 is 8.07 Å². The predicted molar refractivity (Wildman–Crippen MR) is 146 cm³/mol. The van der Waals surface area contributed by atoms with Gasteiger partial charge in [0.15, 0.2) is 8.07 Å². The fraction of sp³-hybridized carbons (Fsp3) is 0.200. The van der Waals surface area contributed by atoms with Crippen molar-refractivity contribution >= 4 is 41.4 Å². The third kappa shape index (κ3) is 3.76. The maximum atomic E-state index is 6.32. The van der Waals surface area contributed by atoms with Crippen LogP contribution < -0.4 is 26.2 Å². The summed E-state index contributed by atoms with van der Waals surface area (Å²) in [6.07, 6.45) is 0. The molecule has 170 valence electrons. The van der Waals surface area contributed by atoms with E-state index in [4.69, 9.17) is 9.31 Å². The molecule has 1 saturated heterocycles. The zero-order chi connectivity index (χ0) is 23.8. The minimum Gasteiger partial charge on any atom is -0.399 e. The molecule has 0 saturated carbocycles. The van der Waals surface area contributed by atoms with E-state index in [-0.39, 0.29) is 18.3 Å². The van der Waals surface area contributed by atoms with Gasteiger partial charge in [0.2, 0.25) is 0 Å². The van der Waals surface area contributed by atoms with Crippen LogP contribution in [-0.2, 0) is 9.31 Å². The first-order chi connectivity index (χ1) is 16.3. The van der Waals surface area contributed by atoms with Crippen LogP contribution in [0.25, 0.3) is 0 Å². The highest BCUT2D eigenvalue weighted by atomic mass is 28.3. The molecule has 0 aromatic heterocycles. The molecule has 2 nitrogen and oxygen atoms in total. The Balaban J connectivity index is 1.68. The Hall–Kier alpha value is -2.92. The number of benzene rings is 4. The van der Waals surface area contributed by atoms with E-state index in [1.165, 1.54) is 20.7 Å². The fourth-order valence-electron chi connectivity index (χ4n) is 4.93. The Morgan fingerprint density at radius 1 is 0.471 bits per heavy atom. The molecule has 1 aliphatic rings. The van der Waals surface area contributed by atoms with Crippen LogP contribution >= 0.6 is 0 Å². The molecule has 1 aliphatic heterocycles. The van der Waals surface area contributed by atoms with Gasteiger partial charge in [-0.1, -0.05) is 115 Å². The molecule has 4 aromatic carbocycles. The van der Waals surface area contributed by atoms with Crippen LogP contribution in [-0.4, -0.2) is 26.4 Å². The second kappa shape index (κ2) is 8.70. The average molecular weight is 462 g/mol. The highest BCUT2D eigenvalue weighted by Gasteiger charge is 2.52. The summed E-state index contributed by atoms with van der Waals surface area (Å²) in [6, 6.07) is 41.9. The summed E-state index contributed by atoms with van der Waals surface area (Å²) >= 11 is 0. The average Bonchev–Trinajstić information content (AvgIpc) is 3.09. The lowest BCUT2D eigenvalue weighted by Gasteiger charge is -2.34. The van der Waals surface area contributed by atoms with Crippen molar-refractivity contribution in [3.05, 3.63) is 115 Å². The van der Waals surface area contributed by atoms with E-state index in [0.717, 1.165) is 5.46 Å². The lowest BCUT2D eigenvalue weighted by Crippen LogP contribution is -2.74. The Morgan fingerprint density at radius 2 is 0.794 bits per heavy atom. The molecule has 34 heavy (non-hydrogen) atoms. The molecule has 4 heteroatoms. The van der Waals surface area contributed by atoms with Gasteiger partial charge in [0.1, 0.15) is 0 Å². The van der Waals surface area contributed by atoms with E-state index in [1.54, 1.807) is 0 Å². The smallest absolute Gasteiger partial charge is 0.399 e. The van der Waals surface area contributed by atoms with Gasteiger partial charge in [0.25, 0.3) is 0 Å². The molecule has 1 heterocycles. The van der Waals surface area contributed by atoms with E-state index in [1.807, 2.05) is 0 Å². The van der Waals surface area contributed by atoms with E-state index in [9.17, 15) is 0 Å². The maximum Gasteiger partial charge on any atom is 0.494 e. The van der Waals surface area contributed by atoms with Gasteiger partial charge in [-0.3, -0.25) is 0 Å². The number of rotatable bonds is 5. The first-order valence-corrected chi connectivity index (χ1v) is 14.0. The number of hydrogen-bond acceptors (Lipinski definition) is 2. The SMILES string of the molecule is CC1(C)OB(c2ccc([Si](c3ccccc3)(c3ccccc3)c3ccccc3)cc2)OC1(C)C. The van der Waals surface area contributed by atoms with Gasteiger partial charge in [0, 0.05) is 0 Å². The minimum atomic E-state index is -2.50. The summed E-state index contributed by atoms with van der Waals surface area (Å²) in [6.45, 7) is 8.39. The van der Waals surface area contributed by atoms with Crippen molar-refractivity contribution in [3.8, 4) is 0 Å². The summed E-state index contributed by atoms with van der Waals surface area (Å²) in [4.78, 5) is 0. The van der Waals surface area contributed by atoms with Crippen molar-refractivity contribution < 1.29 is 9.31 Å².